The number of rotatable bonds is 10. The molecule has 0 aliphatic heterocycles. The predicted molar refractivity (Wildman–Crippen MR) is 126 cm³/mol. The van der Waals surface area contributed by atoms with Gasteiger partial charge in [-0.05, 0) is 37.8 Å². The summed E-state index contributed by atoms with van der Waals surface area (Å²) in [5.41, 5.74) is 1.89. The molecule has 0 saturated carbocycles. The highest BCUT2D eigenvalue weighted by molar-refractivity contribution is 5.77. The van der Waals surface area contributed by atoms with Gasteiger partial charge in [0.1, 0.15) is 6.54 Å². The van der Waals surface area contributed by atoms with Crippen molar-refractivity contribution in [2.45, 2.75) is 79.1 Å². The van der Waals surface area contributed by atoms with E-state index in [1.54, 1.807) is 10.9 Å². The van der Waals surface area contributed by atoms with Crippen molar-refractivity contribution in [2.75, 3.05) is 0 Å². The van der Waals surface area contributed by atoms with E-state index >= 15 is 0 Å². The van der Waals surface area contributed by atoms with E-state index in [0.29, 0.717) is 24.3 Å². The molecule has 1 amide bonds. The Labute approximate surface area is 187 Å². The fourth-order valence-corrected chi connectivity index (χ4v) is 3.98. The van der Waals surface area contributed by atoms with Crippen molar-refractivity contribution in [3.63, 3.8) is 0 Å². The van der Waals surface area contributed by atoms with Gasteiger partial charge in [-0.3, -0.25) is 14.2 Å². The highest BCUT2D eigenvalue weighted by Crippen LogP contribution is 2.16. The summed E-state index contributed by atoms with van der Waals surface area (Å²) in [6.07, 6.45) is 5.17. The molecule has 1 aromatic carbocycles. The molecule has 0 bridgehead atoms. The van der Waals surface area contributed by atoms with Gasteiger partial charge in [0, 0.05) is 13.1 Å². The molecule has 172 valence electrons. The van der Waals surface area contributed by atoms with Gasteiger partial charge in [-0.1, -0.05) is 51.0 Å². The van der Waals surface area contributed by atoms with Crippen LogP contribution in [0.1, 0.15) is 63.6 Å². The average Bonchev–Trinajstić information content (AvgIpc) is 3.19. The molecule has 1 unspecified atom stereocenters. The molecule has 2 aromatic heterocycles. The topological polar surface area (TPSA) is 90.9 Å². The van der Waals surface area contributed by atoms with Crippen molar-refractivity contribution in [3.05, 3.63) is 62.6 Å². The number of unbranched alkanes of at least 4 members (excludes halogenated alkanes) is 2. The lowest BCUT2D eigenvalue weighted by Crippen LogP contribution is -2.44. The molecule has 8 nitrogen and oxygen atoms in total. The molecule has 0 aliphatic rings. The smallest absolute Gasteiger partial charge is 0.333 e. The molecule has 3 aromatic rings. The van der Waals surface area contributed by atoms with Crippen molar-refractivity contribution >= 4 is 17.1 Å². The van der Waals surface area contributed by atoms with Crippen LogP contribution in [0.15, 0.2) is 40.2 Å². The van der Waals surface area contributed by atoms with Gasteiger partial charge in [-0.2, -0.15) is 0 Å². The Balaban J connectivity index is 1.97. The third-order valence-electron chi connectivity index (χ3n) is 5.81. The maximum atomic E-state index is 13.3. The number of nitrogens with zero attached hydrogens (tertiary/aromatic N) is 4. The van der Waals surface area contributed by atoms with Gasteiger partial charge < -0.3 is 9.88 Å². The Hall–Kier alpha value is -3.16. The van der Waals surface area contributed by atoms with E-state index in [0.717, 1.165) is 41.4 Å². The van der Waals surface area contributed by atoms with Crippen LogP contribution in [0, 0.1) is 6.92 Å². The van der Waals surface area contributed by atoms with E-state index in [4.69, 9.17) is 0 Å². The third kappa shape index (κ3) is 4.84. The minimum absolute atomic E-state index is 0.236. The van der Waals surface area contributed by atoms with E-state index in [1.807, 2.05) is 45.0 Å². The van der Waals surface area contributed by atoms with Crippen molar-refractivity contribution in [3.8, 4) is 0 Å². The Morgan fingerprint density at radius 3 is 2.44 bits per heavy atom. The lowest BCUT2D eigenvalue weighted by Gasteiger charge is -2.17. The highest BCUT2D eigenvalue weighted by atomic mass is 16.2. The van der Waals surface area contributed by atoms with Gasteiger partial charge in [-0.25, -0.2) is 14.3 Å². The zero-order valence-electron chi connectivity index (χ0n) is 19.4. The molecule has 2 heterocycles. The number of amides is 1. The van der Waals surface area contributed by atoms with Gasteiger partial charge in [-0.15, -0.1) is 0 Å². The number of aryl methyl sites for hydroxylation is 3. The zero-order chi connectivity index (χ0) is 23.3. The summed E-state index contributed by atoms with van der Waals surface area (Å²) < 4.78 is 4.37. The highest BCUT2D eigenvalue weighted by Gasteiger charge is 2.20. The number of hydrogen-bond acceptors (Lipinski definition) is 4. The van der Waals surface area contributed by atoms with Crippen molar-refractivity contribution < 1.29 is 4.79 Å². The number of benzene rings is 1. The molecule has 1 N–H and O–H groups in total. The average molecular weight is 440 g/mol. The van der Waals surface area contributed by atoms with Crippen molar-refractivity contribution in [2.24, 2.45) is 0 Å². The van der Waals surface area contributed by atoms with Crippen LogP contribution in [0.5, 0.6) is 0 Å². The first-order chi connectivity index (χ1) is 15.4. The molecule has 0 saturated heterocycles. The second kappa shape index (κ2) is 10.4. The third-order valence-corrected chi connectivity index (χ3v) is 5.81. The second-order valence-electron chi connectivity index (χ2n) is 8.29. The van der Waals surface area contributed by atoms with E-state index in [2.05, 4.69) is 17.2 Å². The quantitative estimate of drug-likeness (QED) is 0.525. The fraction of sp³-hybridized carbons (Fsp3) is 0.500. The summed E-state index contributed by atoms with van der Waals surface area (Å²) in [6.45, 7) is 8.77. The second-order valence-corrected chi connectivity index (χ2v) is 8.29. The number of aromatic nitrogens is 4. The molecule has 1 atom stereocenters. The molecule has 0 spiro atoms. The summed E-state index contributed by atoms with van der Waals surface area (Å²) >= 11 is 0. The Morgan fingerprint density at radius 1 is 1.06 bits per heavy atom. The molecule has 32 heavy (non-hydrogen) atoms. The summed E-state index contributed by atoms with van der Waals surface area (Å²) in [7, 11) is 0. The number of carbonyl (C=O) groups is 1. The maximum absolute atomic E-state index is 13.3. The minimum atomic E-state index is -0.490. The van der Waals surface area contributed by atoms with Crippen LogP contribution in [0.25, 0.3) is 11.2 Å². The molecule has 3 rings (SSSR count). The van der Waals surface area contributed by atoms with Gasteiger partial charge in [0.25, 0.3) is 5.56 Å². The molecular formula is C24H33N5O3. The van der Waals surface area contributed by atoms with Crippen LogP contribution in [0.2, 0.25) is 0 Å². The summed E-state index contributed by atoms with van der Waals surface area (Å²) in [6, 6.07) is 7.58. The van der Waals surface area contributed by atoms with Crippen LogP contribution < -0.4 is 16.6 Å². The summed E-state index contributed by atoms with van der Waals surface area (Å²) in [4.78, 5) is 43.7. The number of fused-ring (bicyclic) bond motifs is 1. The Kier molecular flexibility index (Phi) is 7.66. The maximum Gasteiger partial charge on any atom is 0.333 e. The van der Waals surface area contributed by atoms with Crippen molar-refractivity contribution in [1.82, 2.24) is 24.0 Å². The monoisotopic (exact) mass is 439 g/mol. The zero-order valence-corrected chi connectivity index (χ0v) is 19.4. The molecule has 0 fully saturated rings. The van der Waals surface area contributed by atoms with Gasteiger partial charge in [0.2, 0.25) is 5.91 Å². The largest absolute Gasteiger partial charge is 0.348 e. The van der Waals surface area contributed by atoms with Crippen LogP contribution in [0.4, 0.5) is 0 Å². The van der Waals surface area contributed by atoms with E-state index in [9.17, 15) is 14.4 Å². The molecule has 0 radical (unpaired) electrons. The predicted octanol–water partition coefficient (Wildman–Crippen LogP) is 3.15. The fourth-order valence-electron chi connectivity index (χ4n) is 3.98. The molecular weight excluding hydrogens is 406 g/mol. The van der Waals surface area contributed by atoms with Crippen molar-refractivity contribution in [1.29, 1.82) is 0 Å². The van der Waals surface area contributed by atoms with Gasteiger partial charge >= 0.3 is 5.69 Å². The van der Waals surface area contributed by atoms with Gasteiger partial charge in [0.15, 0.2) is 11.2 Å². The summed E-state index contributed by atoms with van der Waals surface area (Å²) in [5, 5.41) is 2.92. The van der Waals surface area contributed by atoms with Crippen LogP contribution >= 0.6 is 0 Å². The number of imidazole rings is 1. The Bertz CT molecular complexity index is 1200. The normalized spacial score (nSPS) is 12.2. The standard InChI is InChI=1S/C24H33N5O3/c1-5-7-13-27-16-25-22-21(27)23(31)29(24(32)28(22)14-8-6-2)15-20(30)26-18(4)19-12-10-9-11-17(19)3/h9-12,16,18H,5-8,13-15H2,1-4H3,(H,26,30). The summed E-state index contributed by atoms with van der Waals surface area (Å²) in [5.74, 6) is -0.374. The first kappa shape index (κ1) is 23.5. The lowest BCUT2D eigenvalue weighted by molar-refractivity contribution is -0.122. The number of nitrogens with one attached hydrogen (secondary N) is 1. The van der Waals surface area contributed by atoms with E-state index in [1.165, 1.54) is 4.57 Å². The SMILES string of the molecule is CCCCn1cnc2c1c(=O)n(CC(=O)NC(C)c1ccccc1C)c(=O)n2CCCC. The van der Waals surface area contributed by atoms with Crippen LogP contribution in [0.3, 0.4) is 0 Å². The van der Waals surface area contributed by atoms with E-state index in [-0.39, 0.29) is 18.5 Å². The number of hydrogen-bond donors (Lipinski definition) is 1. The Morgan fingerprint density at radius 2 is 1.75 bits per heavy atom. The van der Waals surface area contributed by atoms with E-state index < -0.39 is 11.2 Å². The first-order valence-corrected chi connectivity index (χ1v) is 11.4. The van der Waals surface area contributed by atoms with Crippen LogP contribution in [-0.2, 0) is 24.4 Å². The first-order valence-electron chi connectivity index (χ1n) is 11.4. The minimum Gasteiger partial charge on any atom is -0.348 e. The molecule has 0 aliphatic carbocycles. The lowest BCUT2D eigenvalue weighted by atomic mass is 10.0. The number of carbonyl (C=O) groups excluding carboxylic acids is 1. The van der Waals surface area contributed by atoms with Gasteiger partial charge in [0.05, 0.1) is 12.4 Å². The van der Waals surface area contributed by atoms with Crippen LogP contribution in [-0.4, -0.2) is 24.6 Å². The molecule has 8 heteroatoms.